The average Bonchev–Trinajstić information content (AvgIpc) is 2.21. The highest BCUT2D eigenvalue weighted by molar-refractivity contribution is 5.85. The molecule has 1 aromatic rings. The molecule has 0 aliphatic rings. The van der Waals surface area contributed by atoms with Gasteiger partial charge in [-0.1, -0.05) is 30.3 Å². The van der Waals surface area contributed by atoms with Gasteiger partial charge in [0.05, 0.1) is 5.92 Å². The molecule has 0 heterocycles. The first-order chi connectivity index (χ1) is 6.79. The Bertz CT molecular complexity index is 342. The monoisotopic (exact) mass is 189 g/mol. The van der Waals surface area contributed by atoms with Crippen LogP contribution in [0.1, 0.15) is 11.5 Å². The smallest absolute Gasteiger partial charge is 0.241 e. The molecule has 1 aromatic carbocycles. The van der Waals surface area contributed by atoms with Crippen molar-refractivity contribution in [3.05, 3.63) is 35.9 Å². The summed E-state index contributed by atoms with van der Waals surface area (Å²) < 4.78 is 0. The molecular weight excluding hydrogens is 178 g/mol. The Morgan fingerprint density at radius 2 is 2.14 bits per heavy atom. The van der Waals surface area contributed by atoms with Crippen molar-refractivity contribution in [3.8, 4) is 6.19 Å². The van der Waals surface area contributed by atoms with Crippen LogP contribution in [0.15, 0.2) is 30.3 Å². The van der Waals surface area contributed by atoms with Crippen LogP contribution in [0.25, 0.3) is 0 Å². The van der Waals surface area contributed by atoms with Gasteiger partial charge in [0.2, 0.25) is 5.91 Å². The minimum absolute atomic E-state index is 0.192. The van der Waals surface area contributed by atoms with Gasteiger partial charge in [-0.3, -0.25) is 10.1 Å². The number of hydrogen-bond donors (Lipinski definition) is 2. The van der Waals surface area contributed by atoms with Crippen molar-refractivity contribution < 1.29 is 4.79 Å². The van der Waals surface area contributed by atoms with Gasteiger partial charge in [0.15, 0.2) is 6.19 Å². The summed E-state index contributed by atoms with van der Waals surface area (Å²) in [5.41, 5.74) is 6.29. The topological polar surface area (TPSA) is 78.9 Å². The first kappa shape index (κ1) is 10.2. The Balaban J connectivity index is 2.83. The van der Waals surface area contributed by atoms with E-state index in [4.69, 9.17) is 11.0 Å². The number of benzene rings is 1. The summed E-state index contributed by atoms with van der Waals surface area (Å²) in [6, 6.07) is 9.15. The summed E-state index contributed by atoms with van der Waals surface area (Å²) >= 11 is 0. The zero-order valence-corrected chi connectivity index (χ0v) is 7.60. The van der Waals surface area contributed by atoms with Gasteiger partial charge < -0.3 is 5.73 Å². The molecule has 0 aliphatic heterocycles. The van der Waals surface area contributed by atoms with E-state index in [-0.39, 0.29) is 12.5 Å². The number of carbonyl (C=O) groups excluding carboxylic acids is 1. The third-order valence-corrected chi connectivity index (χ3v) is 1.93. The Kier molecular flexibility index (Phi) is 3.65. The van der Waals surface area contributed by atoms with E-state index in [0.29, 0.717) is 0 Å². The summed E-state index contributed by atoms with van der Waals surface area (Å²) in [5.74, 6) is -0.808. The molecular formula is C10H11N3O. The minimum atomic E-state index is -0.448. The highest BCUT2D eigenvalue weighted by Crippen LogP contribution is 2.13. The second-order valence-electron chi connectivity index (χ2n) is 2.80. The molecule has 0 aliphatic carbocycles. The summed E-state index contributed by atoms with van der Waals surface area (Å²) in [6.07, 6.45) is 1.60. The fourth-order valence-corrected chi connectivity index (χ4v) is 1.22. The molecule has 0 spiro atoms. The number of carbonyl (C=O) groups is 1. The van der Waals surface area contributed by atoms with Gasteiger partial charge >= 0.3 is 0 Å². The molecule has 0 saturated heterocycles. The second kappa shape index (κ2) is 5.00. The van der Waals surface area contributed by atoms with Crippen LogP contribution in [0.2, 0.25) is 0 Å². The third kappa shape index (κ3) is 2.31. The van der Waals surface area contributed by atoms with Crippen molar-refractivity contribution in [3.63, 3.8) is 0 Å². The molecule has 1 unspecified atom stereocenters. The van der Waals surface area contributed by atoms with Gasteiger partial charge in [0, 0.05) is 6.54 Å². The number of nitrogens with one attached hydrogen (secondary N) is 1. The maximum atomic E-state index is 11.4. The van der Waals surface area contributed by atoms with Crippen LogP contribution in [0.5, 0.6) is 0 Å². The van der Waals surface area contributed by atoms with Crippen LogP contribution in [0.3, 0.4) is 0 Å². The van der Waals surface area contributed by atoms with E-state index in [1.165, 1.54) is 0 Å². The molecule has 4 heteroatoms. The van der Waals surface area contributed by atoms with Crippen molar-refractivity contribution in [2.45, 2.75) is 5.92 Å². The Morgan fingerprint density at radius 1 is 1.50 bits per heavy atom. The number of amides is 1. The van der Waals surface area contributed by atoms with Crippen LogP contribution in [0, 0.1) is 11.5 Å². The lowest BCUT2D eigenvalue weighted by atomic mass is 9.99. The highest BCUT2D eigenvalue weighted by Gasteiger charge is 2.17. The molecule has 1 amide bonds. The lowest BCUT2D eigenvalue weighted by Gasteiger charge is -2.11. The van der Waals surface area contributed by atoms with E-state index in [2.05, 4.69) is 5.32 Å². The highest BCUT2D eigenvalue weighted by atomic mass is 16.1. The lowest BCUT2D eigenvalue weighted by Crippen LogP contribution is -2.30. The van der Waals surface area contributed by atoms with Crippen LogP contribution in [-0.4, -0.2) is 12.5 Å². The van der Waals surface area contributed by atoms with Crippen LogP contribution >= 0.6 is 0 Å². The molecule has 0 bridgehead atoms. The van der Waals surface area contributed by atoms with Gasteiger partial charge in [-0.05, 0) is 5.56 Å². The number of hydrogen-bond acceptors (Lipinski definition) is 3. The van der Waals surface area contributed by atoms with Gasteiger partial charge in [0.1, 0.15) is 0 Å². The maximum absolute atomic E-state index is 11.4. The zero-order chi connectivity index (χ0) is 10.4. The second-order valence-corrected chi connectivity index (χ2v) is 2.80. The van der Waals surface area contributed by atoms with E-state index in [9.17, 15) is 4.79 Å². The largest absolute Gasteiger partial charge is 0.329 e. The number of nitrogens with zero attached hydrogens (tertiary/aromatic N) is 1. The summed E-state index contributed by atoms with van der Waals surface area (Å²) in [7, 11) is 0. The Hall–Kier alpha value is -1.86. The molecule has 72 valence electrons. The molecule has 0 saturated carbocycles. The van der Waals surface area contributed by atoms with Crippen LogP contribution < -0.4 is 11.1 Å². The molecule has 1 rings (SSSR count). The van der Waals surface area contributed by atoms with Gasteiger partial charge in [-0.2, -0.15) is 5.26 Å². The van der Waals surface area contributed by atoms with Crippen molar-refractivity contribution in [1.82, 2.24) is 5.32 Å². The van der Waals surface area contributed by atoms with Gasteiger partial charge in [-0.25, -0.2) is 0 Å². The van der Waals surface area contributed by atoms with Gasteiger partial charge in [0.25, 0.3) is 0 Å². The van der Waals surface area contributed by atoms with E-state index < -0.39 is 5.92 Å². The van der Waals surface area contributed by atoms with Crippen molar-refractivity contribution >= 4 is 5.91 Å². The molecule has 3 N–H and O–H groups in total. The lowest BCUT2D eigenvalue weighted by molar-refractivity contribution is -0.121. The minimum Gasteiger partial charge on any atom is -0.329 e. The fraction of sp³-hybridized carbons (Fsp3) is 0.200. The van der Waals surface area contributed by atoms with Crippen molar-refractivity contribution in [2.24, 2.45) is 5.73 Å². The van der Waals surface area contributed by atoms with Gasteiger partial charge in [-0.15, -0.1) is 0 Å². The standard InChI is InChI=1S/C10H11N3O/c11-6-9(10(14)13-7-12)8-4-2-1-3-5-8/h1-5,9H,6,11H2,(H,13,14). The number of nitriles is 1. The van der Waals surface area contributed by atoms with Crippen LogP contribution in [0.4, 0.5) is 0 Å². The van der Waals surface area contributed by atoms with Crippen molar-refractivity contribution in [1.29, 1.82) is 5.26 Å². The summed E-state index contributed by atoms with van der Waals surface area (Å²) in [4.78, 5) is 11.4. The molecule has 0 fully saturated rings. The molecule has 1 atom stereocenters. The fourth-order valence-electron chi connectivity index (χ4n) is 1.22. The first-order valence-electron chi connectivity index (χ1n) is 4.23. The SMILES string of the molecule is N#CNC(=O)C(CN)c1ccccc1. The number of rotatable bonds is 3. The van der Waals surface area contributed by atoms with Crippen LogP contribution in [-0.2, 0) is 4.79 Å². The molecule has 0 radical (unpaired) electrons. The summed E-state index contributed by atoms with van der Waals surface area (Å²) in [6.45, 7) is 0.192. The predicted molar refractivity (Wildman–Crippen MR) is 52.0 cm³/mol. The molecule has 14 heavy (non-hydrogen) atoms. The zero-order valence-electron chi connectivity index (χ0n) is 7.60. The van der Waals surface area contributed by atoms with E-state index in [1.807, 2.05) is 30.3 Å². The molecule has 0 aromatic heterocycles. The third-order valence-electron chi connectivity index (χ3n) is 1.93. The predicted octanol–water partition coefficient (Wildman–Crippen LogP) is 0.326. The van der Waals surface area contributed by atoms with E-state index in [1.54, 1.807) is 6.19 Å². The average molecular weight is 189 g/mol. The number of nitrogens with two attached hydrogens (primary N) is 1. The molecule has 4 nitrogen and oxygen atoms in total. The van der Waals surface area contributed by atoms with E-state index >= 15 is 0 Å². The summed E-state index contributed by atoms with van der Waals surface area (Å²) in [5, 5.41) is 10.4. The first-order valence-corrected chi connectivity index (χ1v) is 4.23. The Labute approximate surface area is 82.3 Å². The van der Waals surface area contributed by atoms with E-state index in [0.717, 1.165) is 5.56 Å². The Morgan fingerprint density at radius 3 is 2.64 bits per heavy atom. The normalized spacial score (nSPS) is 11.4. The van der Waals surface area contributed by atoms with Crippen molar-refractivity contribution in [2.75, 3.05) is 6.54 Å². The maximum Gasteiger partial charge on any atom is 0.241 e. The quantitative estimate of drug-likeness (QED) is 0.531.